The van der Waals surface area contributed by atoms with Gasteiger partial charge in [-0.05, 0) is 75.7 Å². The van der Waals surface area contributed by atoms with Gasteiger partial charge in [0.2, 0.25) is 5.91 Å². The van der Waals surface area contributed by atoms with E-state index in [1.54, 1.807) is 15.9 Å². The Morgan fingerprint density at radius 2 is 1.92 bits per heavy atom. The minimum atomic E-state index is -0.510. The van der Waals surface area contributed by atoms with Crippen molar-refractivity contribution in [1.82, 2.24) is 9.55 Å². The van der Waals surface area contributed by atoms with Gasteiger partial charge in [-0.2, -0.15) is 0 Å². The Hall–Kier alpha value is -2.54. The molecule has 8 nitrogen and oxygen atoms in total. The van der Waals surface area contributed by atoms with Crippen molar-refractivity contribution in [2.45, 2.75) is 31.3 Å². The van der Waals surface area contributed by atoms with Crippen molar-refractivity contribution >= 4 is 82.5 Å². The number of aromatic nitrogens is 2. The molecule has 0 unspecified atom stereocenters. The smallest absolute Gasteiger partial charge is 0.271 e. The number of amides is 1. The van der Waals surface area contributed by atoms with Crippen LogP contribution in [0.3, 0.4) is 0 Å². The number of carbonyl (C=O) groups is 1. The molecule has 12 heteroatoms. The van der Waals surface area contributed by atoms with Gasteiger partial charge in [-0.15, -0.1) is 11.3 Å². The highest BCUT2D eigenvalue weighted by molar-refractivity contribution is 9.11. The summed E-state index contributed by atoms with van der Waals surface area (Å²) in [7, 11) is 0. The van der Waals surface area contributed by atoms with Crippen LogP contribution in [0.1, 0.15) is 22.4 Å². The summed E-state index contributed by atoms with van der Waals surface area (Å²) in [6.07, 6.45) is 2.89. The average molecular weight is 650 g/mol. The Labute approximate surface area is 230 Å². The zero-order chi connectivity index (χ0) is 25.6. The summed E-state index contributed by atoms with van der Waals surface area (Å²) in [5, 5.41) is 15.0. The number of nitro benzene ring substituents is 1. The van der Waals surface area contributed by atoms with Gasteiger partial charge in [-0.1, -0.05) is 29.5 Å². The van der Waals surface area contributed by atoms with E-state index in [4.69, 9.17) is 4.98 Å². The molecule has 0 atom stereocenters. The number of carbonyl (C=O) groups excluding carboxylic acids is 1. The maximum absolute atomic E-state index is 13.7. The molecule has 2 aromatic heterocycles. The first-order chi connectivity index (χ1) is 17.2. The van der Waals surface area contributed by atoms with E-state index in [0.29, 0.717) is 35.7 Å². The number of nitrogens with one attached hydrogen (secondary N) is 1. The van der Waals surface area contributed by atoms with Crippen LogP contribution in [0.2, 0.25) is 0 Å². The minimum absolute atomic E-state index is 0.00916. The van der Waals surface area contributed by atoms with E-state index in [2.05, 4.69) is 37.2 Å². The molecule has 2 heterocycles. The number of benzene rings is 2. The molecule has 0 saturated carbocycles. The van der Waals surface area contributed by atoms with Crippen molar-refractivity contribution in [2.24, 2.45) is 0 Å². The van der Waals surface area contributed by atoms with Crippen molar-refractivity contribution in [1.29, 1.82) is 0 Å². The lowest BCUT2D eigenvalue weighted by Gasteiger charge is -2.13. The zero-order valence-electron chi connectivity index (χ0n) is 18.8. The topological polar surface area (TPSA) is 107 Å². The molecule has 0 radical (unpaired) electrons. The summed E-state index contributed by atoms with van der Waals surface area (Å²) in [5.74, 6) is -0.348. The highest BCUT2D eigenvalue weighted by atomic mass is 79.9. The third-order valence-corrected chi connectivity index (χ3v) is 9.21. The van der Waals surface area contributed by atoms with Gasteiger partial charge in [0.15, 0.2) is 5.16 Å². The van der Waals surface area contributed by atoms with Gasteiger partial charge in [-0.3, -0.25) is 24.3 Å². The normalized spacial score (nSPS) is 12.6. The van der Waals surface area contributed by atoms with Gasteiger partial charge < -0.3 is 5.32 Å². The highest BCUT2D eigenvalue weighted by Gasteiger charge is 2.24. The zero-order valence-corrected chi connectivity index (χ0v) is 23.6. The molecule has 0 saturated heterocycles. The van der Waals surface area contributed by atoms with Gasteiger partial charge in [0.1, 0.15) is 4.83 Å². The molecule has 184 valence electrons. The van der Waals surface area contributed by atoms with Crippen molar-refractivity contribution in [3.8, 4) is 5.69 Å². The number of halogens is 2. The van der Waals surface area contributed by atoms with Crippen LogP contribution in [-0.2, 0) is 17.6 Å². The van der Waals surface area contributed by atoms with Crippen molar-refractivity contribution in [3.63, 3.8) is 0 Å². The first-order valence-corrected chi connectivity index (χ1v) is 14.3. The number of hydrogen-bond acceptors (Lipinski definition) is 7. The molecule has 1 amide bonds. The van der Waals surface area contributed by atoms with Crippen LogP contribution in [0, 0.1) is 17.0 Å². The monoisotopic (exact) mass is 648 g/mol. The number of thioether (sulfide) groups is 1. The van der Waals surface area contributed by atoms with Crippen molar-refractivity contribution < 1.29 is 9.72 Å². The van der Waals surface area contributed by atoms with Crippen LogP contribution >= 0.6 is 55.0 Å². The molecule has 0 bridgehead atoms. The first-order valence-electron chi connectivity index (χ1n) is 10.9. The number of nitro groups is 1. The quantitative estimate of drug-likeness (QED) is 0.112. The van der Waals surface area contributed by atoms with Crippen LogP contribution in [0.4, 0.5) is 11.4 Å². The Bertz CT molecular complexity index is 1580. The lowest BCUT2D eigenvalue weighted by atomic mass is 10.2. The lowest BCUT2D eigenvalue weighted by molar-refractivity contribution is -0.385. The third kappa shape index (κ3) is 4.74. The Balaban J connectivity index is 1.47. The van der Waals surface area contributed by atoms with E-state index in [0.717, 1.165) is 30.4 Å². The van der Waals surface area contributed by atoms with E-state index < -0.39 is 4.92 Å². The number of rotatable bonds is 6. The number of nitrogens with zero attached hydrogens (tertiary/aromatic N) is 3. The third-order valence-electron chi connectivity index (χ3n) is 5.83. The second kappa shape index (κ2) is 10.1. The first kappa shape index (κ1) is 25.1. The fourth-order valence-corrected chi connectivity index (χ4v) is 7.61. The summed E-state index contributed by atoms with van der Waals surface area (Å²) < 4.78 is 2.35. The summed E-state index contributed by atoms with van der Waals surface area (Å²) in [4.78, 5) is 43.9. The molecule has 1 aliphatic carbocycles. The maximum Gasteiger partial charge on any atom is 0.271 e. The van der Waals surface area contributed by atoms with Crippen LogP contribution < -0.4 is 10.9 Å². The minimum Gasteiger partial charge on any atom is -0.323 e. The molecule has 36 heavy (non-hydrogen) atoms. The molecule has 0 aliphatic heterocycles. The van der Waals surface area contributed by atoms with Crippen molar-refractivity contribution in [3.05, 3.63) is 81.8 Å². The molecular weight excluding hydrogens is 632 g/mol. The van der Waals surface area contributed by atoms with Gasteiger partial charge in [0, 0.05) is 26.0 Å². The Morgan fingerprint density at radius 3 is 2.58 bits per heavy atom. The SMILES string of the molecule is Cc1ccc(-n2c(SCC(=O)Nc3c(Br)cc([N+](=O)[O-])cc3Br)nc3sc4c(c3c2=O)CCC4)cc1. The number of thiophene rings is 1. The lowest BCUT2D eigenvalue weighted by Crippen LogP contribution is -2.23. The molecule has 4 aromatic rings. The molecule has 2 aromatic carbocycles. The van der Waals surface area contributed by atoms with E-state index in [1.165, 1.54) is 28.8 Å². The standard InChI is InChI=1S/C24H18Br2N4O4S2/c1-12-5-7-13(8-6-12)29-23(32)20-15-3-2-4-18(15)36-22(20)28-24(29)35-11-19(31)27-21-16(25)9-14(30(33)34)10-17(21)26/h5-10H,2-4,11H2,1H3,(H,27,31). The number of non-ortho nitro benzene ring substituents is 1. The fourth-order valence-electron chi connectivity index (χ4n) is 4.13. The number of aryl methyl sites for hydroxylation is 3. The molecule has 0 fully saturated rings. The second-order valence-corrected chi connectivity index (χ2v) is 12.0. The number of fused-ring (bicyclic) bond motifs is 3. The molecule has 5 rings (SSSR count). The number of hydrogen-bond donors (Lipinski definition) is 1. The summed E-state index contributed by atoms with van der Waals surface area (Å²) in [5.41, 5.74) is 3.04. The Morgan fingerprint density at radius 1 is 1.22 bits per heavy atom. The molecular formula is C24H18Br2N4O4S2. The number of anilines is 1. The van der Waals surface area contributed by atoms with E-state index in [1.807, 2.05) is 31.2 Å². The Kier molecular flexibility index (Phi) is 7.03. The molecule has 1 aliphatic rings. The van der Waals surface area contributed by atoms with Gasteiger partial charge in [-0.25, -0.2) is 4.98 Å². The molecule has 1 N–H and O–H groups in total. The van der Waals surface area contributed by atoms with Crippen LogP contribution in [-0.4, -0.2) is 26.1 Å². The second-order valence-electron chi connectivity index (χ2n) is 8.29. The predicted octanol–water partition coefficient (Wildman–Crippen LogP) is 6.41. The van der Waals surface area contributed by atoms with E-state index >= 15 is 0 Å². The fraction of sp³-hybridized carbons (Fsp3) is 0.208. The van der Waals surface area contributed by atoms with E-state index in [-0.39, 0.29) is 22.9 Å². The van der Waals surface area contributed by atoms with Gasteiger partial charge in [0.25, 0.3) is 11.2 Å². The highest BCUT2D eigenvalue weighted by Crippen LogP contribution is 2.37. The largest absolute Gasteiger partial charge is 0.323 e. The summed E-state index contributed by atoms with van der Waals surface area (Å²) in [6, 6.07) is 10.3. The summed E-state index contributed by atoms with van der Waals surface area (Å²) >= 11 is 9.30. The molecule has 0 spiro atoms. The van der Waals surface area contributed by atoms with Crippen LogP contribution in [0.5, 0.6) is 0 Å². The van der Waals surface area contributed by atoms with Crippen molar-refractivity contribution in [2.75, 3.05) is 11.1 Å². The van der Waals surface area contributed by atoms with Gasteiger partial charge in [0.05, 0.1) is 27.4 Å². The van der Waals surface area contributed by atoms with E-state index in [9.17, 15) is 19.7 Å². The van der Waals surface area contributed by atoms with Gasteiger partial charge >= 0.3 is 0 Å². The maximum atomic E-state index is 13.7. The summed E-state index contributed by atoms with van der Waals surface area (Å²) in [6.45, 7) is 1.98. The van der Waals surface area contributed by atoms with Crippen LogP contribution in [0.15, 0.2) is 55.3 Å². The van der Waals surface area contributed by atoms with Crippen LogP contribution in [0.25, 0.3) is 15.9 Å². The predicted molar refractivity (Wildman–Crippen MR) is 150 cm³/mol. The average Bonchev–Trinajstić information content (AvgIpc) is 3.42.